The maximum atomic E-state index is 12.3. The van der Waals surface area contributed by atoms with E-state index in [9.17, 15) is 9.59 Å². The Morgan fingerprint density at radius 2 is 2.00 bits per heavy atom. The topological polar surface area (TPSA) is 101 Å². The second-order valence-electron chi connectivity index (χ2n) is 5.58. The third-order valence-electron chi connectivity index (χ3n) is 3.83. The molecule has 7 nitrogen and oxygen atoms in total. The number of hydrogen-bond donors (Lipinski definition) is 2. The van der Waals surface area contributed by atoms with E-state index >= 15 is 0 Å². The van der Waals surface area contributed by atoms with E-state index in [1.807, 2.05) is 6.07 Å². The van der Waals surface area contributed by atoms with Crippen molar-refractivity contribution < 1.29 is 14.1 Å². The molecule has 0 bridgehead atoms. The molecule has 1 aromatic heterocycles. The zero-order valence-corrected chi connectivity index (χ0v) is 12.8. The Labute approximate surface area is 133 Å². The second-order valence-corrected chi connectivity index (χ2v) is 5.58. The van der Waals surface area contributed by atoms with Crippen LogP contribution in [0, 0.1) is 6.92 Å². The van der Waals surface area contributed by atoms with Gasteiger partial charge in [-0.3, -0.25) is 9.59 Å². The van der Waals surface area contributed by atoms with Gasteiger partial charge in [0, 0.05) is 24.7 Å². The SMILES string of the molecule is Cc1cc(C(=O)Nc2cc(C(N)=O)ccc2N2CCCC2)on1. The standard InChI is InChI=1S/C16H18N4O3/c1-10-8-14(23-19-10)16(22)18-12-9-11(15(17)21)4-5-13(12)20-6-2-3-7-20/h4-5,8-9H,2-3,6-7H2,1H3,(H2,17,21)(H,18,22). The fourth-order valence-corrected chi connectivity index (χ4v) is 2.68. The van der Waals surface area contributed by atoms with Crippen molar-refractivity contribution in [2.75, 3.05) is 23.3 Å². The van der Waals surface area contributed by atoms with Gasteiger partial charge in [0.1, 0.15) is 0 Å². The predicted octanol–water partition coefficient (Wildman–Crippen LogP) is 1.93. The van der Waals surface area contributed by atoms with Crippen LogP contribution in [0.5, 0.6) is 0 Å². The Bertz CT molecular complexity index is 748. The molecular formula is C16H18N4O3. The predicted molar refractivity (Wildman–Crippen MR) is 85.6 cm³/mol. The molecule has 0 atom stereocenters. The average molecular weight is 314 g/mol. The highest BCUT2D eigenvalue weighted by Crippen LogP contribution is 2.30. The molecule has 23 heavy (non-hydrogen) atoms. The minimum atomic E-state index is -0.538. The molecule has 2 heterocycles. The van der Waals surface area contributed by atoms with Crippen LogP contribution in [0.15, 0.2) is 28.8 Å². The number of nitrogens with one attached hydrogen (secondary N) is 1. The van der Waals surface area contributed by atoms with E-state index in [2.05, 4.69) is 15.4 Å². The molecule has 0 aliphatic carbocycles. The number of anilines is 2. The fraction of sp³-hybridized carbons (Fsp3) is 0.312. The van der Waals surface area contributed by atoms with E-state index in [4.69, 9.17) is 10.3 Å². The molecule has 3 N–H and O–H groups in total. The van der Waals surface area contributed by atoms with Crippen molar-refractivity contribution in [2.24, 2.45) is 5.73 Å². The van der Waals surface area contributed by atoms with Gasteiger partial charge in [0.25, 0.3) is 5.91 Å². The summed E-state index contributed by atoms with van der Waals surface area (Å²) in [5, 5.41) is 6.49. The first-order valence-electron chi connectivity index (χ1n) is 7.48. The van der Waals surface area contributed by atoms with Crippen LogP contribution >= 0.6 is 0 Å². The van der Waals surface area contributed by atoms with E-state index in [1.54, 1.807) is 25.1 Å². The number of nitrogens with two attached hydrogens (primary N) is 1. The minimum absolute atomic E-state index is 0.124. The molecule has 1 saturated heterocycles. The first kappa shape index (κ1) is 15.1. The zero-order valence-electron chi connectivity index (χ0n) is 12.8. The summed E-state index contributed by atoms with van der Waals surface area (Å²) in [6.45, 7) is 3.57. The molecule has 7 heteroatoms. The average Bonchev–Trinajstić information content (AvgIpc) is 3.18. The lowest BCUT2D eigenvalue weighted by atomic mass is 10.1. The molecule has 3 rings (SSSR count). The number of primary amides is 1. The molecule has 0 unspecified atom stereocenters. The van der Waals surface area contributed by atoms with Crippen LogP contribution in [0.3, 0.4) is 0 Å². The van der Waals surface area contributed by atoms with Crippen molar-refractivity contribution >= 4 is 23.2 Å². The van der Waals surface area contributed by atoms with Gasteiger partial charge in [-0.15, -0.1) is 0 Å². The van der Waals surface area contributed by atoms with Gasteiger partial charge in [-0.05, 0) is 38.0 Å². The largest absolute Gasteiger partial charge is 0.370 e. The molecule has 0 radical (unpaired) electrons. The first-order valence-corrected chi connectivity index (χ1v) is 7.48. The van der Waals surface area contributed by atoms with Crippen LogP contribution in [0.25, 0.3) is 0 Å². The summed E-state index contributed by atoms with van der Waals surface area (Å²) in [5.41, 5.74) is 7.72. The van der Waals surface area contributed by atoms with E-state index in [1.165, 1.54) is 0 Å². The maximum absolute atomic E-state index is 12.3. The summed E-state index contributed by atoms with van der Waals surface area (Å²) in [6.07, 6.45) is 2.21. The number of nitrogens with zero attached hydrogens (tertiary/aromatic N) is 2. The van der Waals surface area contributed by atoms with E-state index in [0.29, 0.717) is 16.9 Å². The molecule has 0 spiro atoms. The lowest BCUT2D eigenvalue weighted by molar-refractivity contribution is 0.0982. The first-order chi connectivity index (χ1) is 11.0. The Balaban J connectivity index is 1.92. The Kier molecular flexibility index (Phi) is 4.01. The van der Waals surface area contributed by atoms with Gasteiger partial charge >= 0.3 is 0 Å². The Morgan fingerprint density at radius 3 is 2.61 bits per heavy atom. The number of benzene rings is 1. The van der Waals surface area contributed by atoms with Gasteiger partial charge in [0.2, 0.25) is 11.7 Å². The fourth-order valence-electron chi connectivity index (χ4n) is 2.68. The Morgan fingerprint density at radius 1 is 1.26 bits per heavy atom. The molecule has 2 amide bonds. The lowest BCUT2D eigenvalue weighted by Crippen LogP contribution is -2.22. The third-order valence-corrected chi connectivity index (χ3v) is 3.83. The van der Waals surface area contributed by atoms with E-state index in [0.717, 1.165) is 31.6 Å². The van der Waals surface area contributed by atoms with Crippen LogP contribution in [-0.2, 0) is 0 Å². The van der Waals surface area contributed by atoms with Crippen molar-refractivity contribution in [2.45, 2.75) is 19.8 Å². The van der Waals surface area contributed by atoms with Gasteiger partial charge in [-0.25, -0.2) is 0 Å². The summed E-state index contributed by atoms with van der Waals surface area (Å²) < 4.78 is 4.97. The molecule has 1 aliphatic rings. The van der Waals surface area contributed by atoms with Gasteiger partial charge in [-0.2, -0.15) is 0 Å². The van der Waals surface area contributed by atoms with Gasteiger partial charge in [0.15, 0.2) is 0 Å². The molecule has 120 valence electrons. The molecule has 2 aromatic rings. The number of hydrogen-bond acceptors (Lipinski definition) is 5. The third kappa shape index (κ3) is 3.18. The number of amides is 2. The van der Waals surface area contributed by atoms with Crippen molar-refractivity contribution in [1.82, 2.24) is 5.16 Å². The zero-order chi connectivity index (χ0) is 16.4. The number of carbonyl (C=O) groups is 2. The number of aryl methyl sites for hydroxylation is 1. The van der Waals surface area contributed by atoms with Crippen LogP contribution in [0.1, 0.15) is 39.4 Å². The summed E-state index contributed by atoms with van der Waals surface area (Å²) in [5.74, 6) is -0.823. The van der Waals surface area contributed by atoms with Crippen molar-refractivity contribution in [3.63, 3.8) is 0 Å². The smallest absolute Gasteiger partial charge is 0.294 e. The minimum Gasteiger partial charge on any atom is -0.370 e. The number of carbonyl (C=O) groups excluding carboxylic acids is 2. The molecule has 0 saturated carbocycles. The molecule has 1 aromatic carbocycles. The Hall–Kier alpha value is -2.83. The molecular weight excluding hydrogens is 296 g/mol. The van der Waals surface area contributed by atoms with E-state index < -0.39 is 11.8 Å². The summed E-state index contributed by atoms with van der Waals surface area (Å²) in [6, 6.07) is 6.64. The summed E-state index contributed by atoms with van der Waals surface area (Å²) in [4.78, 5) is 25.9. The van der Waals surface area contributed by atoms with Gasteiger partial charge < -0.3 is 20.5 Å². The van der Waals surface area contributed by atoms with Crippen LogP contribution in [0.4, 0.5) is 11.4 Å². The number of rotatable bonds is 4. The van der Waals surface area contributed by atoms with Crippen molar-refractivity contribution in [3.05, 3.63) is 41.3 Å². The van der Waals surface area contributed by atoms with Crippen molar-refractivity contribution in [1.29, 1.82) is 0 Å². The normalized spacial score (nSPS) is 14.0. The van der Waals surface area contributed by atoms with Crippen LogP contribution in [-0.4, -0.2) is 30.1 Å². The van der Waals surface area contributed by atoms with Gasteiger partial charge in [-0.1, -0.05) is 5.16 Å². The van der Waals surface area contributed by atoms with Crippen LogP contribution in [0.2, 0.25) is 0 Å². The highest BCUT2D eigenvalue weighted by Gasteiger charge is 2.20. The van der Waals surface area contributed by atoms with Crippen molar-refractivity contribution in [3.8, 4) is 0 Å². The lowest BCUT2D eigenvalue weighted by Gasteiger charge is -2.21. The van der Waals surface area contributed by atoms with Crippen LogP contribution < -0.4 is 16.0 Å². The maximum Gasteiger partial charge on any atom is 0.294 e. The van der Waals surface area contributed by atoms with E-state index in [-0.39, 0.29) is 5.76 Å². The summed E-state index contributed by atoms with van der Waals surface area (Å²) >= 11 is 0. The van der Waals surface area contributed by atoms with Gasteiger partial charge in [0.05, 0.1) is 17.1 Å². The monoisotopic (exact) mass is 314 g/mol. The highest BCUT2D eigenvalue weighted by molar-refractivity contribution is 6.05. The second kappa shape index (κ2) is 6.12. The molecule has 1 fully saturated rings. The quantitative estimate of drug-likeness (QED) is 0.898. The summed E-state index contributed by atoms with van der Waals surface area (Å²) in [7, 11) is 0. The molecule has 1 aliphatic heterocycles. The highest BCUT2D eigenvalue weighted by atomic mass is 16.5. The number of aromatic nitrogens is 1.